The number of benzene rings is 1. The van der Waals surface area contributed by atoms with Crippen molar-refractivity contribution in [2.75, 3.05) is 20.3 Å². The van der Waals surface area contributed by atoms with Gasteiger partial charge in [-0.3, -0.25) is 0 Å². The summed E-state index contributed by atoms with van der Waals surface area (Å²) >= 11 is 0. The van der Waals surface area contributed by atoms with Gasteiger partial charge in [-0.05, 0) is 44.4 Å². The molecule has 0 bridgehead atoms. The third-order valence-electron chi connectivity index (χ3n) is 4.32. The molecule has 1 aliphatic carbocycles. The van der Waals surface area contributed by atoms with E-state index in [4.69, 9.17) is 15.2 Å². The van der Waals surface area contributed by atoms with Crippen LogP contribution in [0.25, 0.3) is 0 Å². The third-order valence-corrected chi connectivity index (χ3v) is 4.32. The van der Waals surface area contributed by atoms with Gasteiger partial charge in [-0.25, -0.2) is 0 Å². The number of hydrogen-bond donors (Lipinski definition) is 1. The second kappa shape index (κ2) is 5.83. The lowest BCUT2D eigenvalue weighted by molar-refractivity contribution is 0.331. The Hall–Kier alpha value is -1.22. The standard InChI is InChI=1S/C16H25NO2/c1-4-19-14-10-13(15(18-3)9-12(14)2)16(11-17)7-5-6-8-16/h9-10H,4-8,11,17H2,1-3H3. The van der Waals surface area contributed by atoms with Crippen LogP contribution in [-0.2, 0) is 5.41 Å². The van der Waals surface area contributed by atoms with Crippen molar-refractivity contribution in [1.29, 1.82) is 0 Å². The molecule has 3 heteroatoms. The summed E-state index contributed by atoms with van der Waals surface area (Å²) in [5, 5.41) is 0. The van der Waals surface area contributed by atoms with Gasteiger partial charge < -0.3 is 15.2 Å². The van der Waals surface area contributed by atoms with Crippen molar-refractivity contribution in [3.8, 4) is 11.5 Å². The van der Waals surface area contributed by atoms with E-state index in [2.05, 4.69) is 19.1 Å². The van der Waals surface area contributed by atoms with E-state index in [1.807, 2.05) is 6.92 Å². The first-order valence-electron chi connectivity index (χ1n) is 7.19. The summed E-state index contributed by atoms with van der Waals surface area (Å²) in [7, 11) is 1.73. The van der Waals surface area contributed by atoms with E-state index in [9.17, 15) is 0 Å². The summed E-state index contributed by atoms with van der Waals surface area (Å²) in [6.07, 6.45) is 4.79. The fraction of sp³-hybridized carbons (Fsp3) is 0.625. The molecule has 0 spiro atoms. The minimum Gasteiger partial charge on any atom is -0.496 e. The van der Waals surface area contributed by atoms with Crippen LogP contribution in [-0.4, -0.2) is 20.3 Å². The molecule has 0 saturated heterocycles. The van der Waals surface area contributed by atoms with Gasteiger partial charge >= 0.3 is 0 Å². The van der Waals surface area contributed by atoms with Crippen LogP contribution >= 0.6 is 0 Å². The van der Waals surface area contributed by atoms with Crippen LogP contribution < -0.4 is 15.2 Å². The predicted molar refractivity (Wildman–Crippen MR) is 78.1 cm³/mol. The topological polar surface area (TPSA) is 44.5 Å². The lowest BCUT2D eigenvalue weighted by atomic mass is 9.78. The van der Waals surface area contributed by atoms with E-state index in [1.165, 1.54) is 18.4 Å². The normalized spacial score (nSPS) is 17.5. The van der Waals surface area contributed by atoms with Crippen molar-refractivity contribution < 1.29 is 9.47 Å². The zero-order valence-corrected chi connectivity index (χ0v) is 12.3. The summed E-state index contributed by atoms with van der Waals surface area (Å²) < 4.78 is 11.3. The largest absolute Gasteiger partial charge is 0.496 e. The first-order valence-corrected chi connectivity index (χ1v) is 7.19. The van der Waals surface area contributed by atoms with Gasteiger partial charge in [0, 0.05) is 17.5 Å². The molecule has 1 aliphatic rings. The van der Waals surface area contributed by atoms with E-state index < -0.39 is 0 Å². The number of nitrogens with two attached hydrogens (primary N) is 1. The number of methoxy groups -OCH3 is 1. The summed E-state index contributed by atoms with van der Waals surface area (Å²) in [4.78, 5) is 0. The molecule has 0 amide bonds. The van der Waals surface area contributed by atoms with Gasteiger partial charge in [-0.2, -0.15) is 0 Å². The van der Waals surface area contributed by atoms with Gasteiger partial charge in [-0.15, -0.1) is 0 Å². The molecule has 0 heterocycles. The fourth-order valence-electron chi connectivity index (χ4n) is 3.19. The molecule has 1 aromatic rings. The number of hydrogen-bond acceptors (Lipinski definition) is 3. The second-order valence-electron chi connectivity index (χ2n) is 5.44. The minimum absolute atomic E-state index is 0.0743. The Morgan fingerprint density at radius 2 is 1.89 bits per heavy atom. The molecule has 0 unspecified atom stereocenters. The van der Waals surface area contributed by atoms with Crippen LogP contribution in [0.3, 0.4) is 0 Å². The number of ether oxygens (including phenoxy) is 2. The Bertz CT molecular complexity index is 437. The van der Waals surface area contributed by atoms with Gasteiger partial charge in [0.05, 0.1) is 13.7 Å². The van der Waals surface area contributed by atoms with Crippen molar-refractivity contribution in [3.05, 3.63) is 23.3 Å². The van der Waals surface area contributed by atoms with Crippen LogP contribution in [0.4, 0.5) is 0 Å². The van der Waals surface area contributed by atoms with E-state index in [1.54, 1.807) is 7.11 Å². The van der Waals surface area contributed by atoms with Gasteiger partial charge in [0.15, 0.2) is 0 Å². The Balaban J connectivity index is 2.50. The van der Waals surface area contributed by atoms with E-state index >= 15 is 0 Å². The van der Waals surface area contributed by atoms with Crippen LogP contribution in [0.2, 0.25) is 0 Å². The Morgan fingerprint density at radius 1 is 1.21 bits per heavy atom. The maximum Gasteiger partial charge on any atom is 0.123 e. The molecule has 2 N–H and O–H groups in total. The average Bonchev–Trinajstić information content (AvgIpc) is 2.90. The lowest BCUT2D eigenvalue weighted by Crippen LogP contribution is -2.32. The van der Waals surface area contributed by atoms with Crippen molar-refractivity contribution in [3.63, 3.8) is 0 Å². The van der Waals surface area contributed by atoms with Crippen LogP contribution in [0, 0.1) is 6.92 Å². The molecular formula is C16H25NO2. The maximum atomic E-state index is 6.09. The fourth-order valence-corrected chi connectivity index (χ4v) is 3.19. The number of aryl methyl sites for hydroxylation is 1. The molecule has 106 valence electrons. The van der Waals surface area contributed by atoms with E-state index in [0.29, 0.717) is 13.2 Å². The maximum absolute atomic E-state index is 6.09. The Kier molecular flexibility index (Phi) is 4.35. The molecular weight excluding hydrogens is 238 g/mol. The molecule has 0 aromatic heterocycles. The molecule has 1 aromatic carbocycles. The molecule has 2 rings (SSSR count). The quantitative estimate of drug-likeness (QED) is 0.887. The van der Waals surface area contributed by atoms with Gasteiger partial charge in [0.25, 0.3) is 0 Å². The van der Waals surface area contributed by atoms with Gasteiger partial charge in [0.1, 0.15) is 11.5 Å². The summed E-state index contributed by atoms with van der Waals surface area (Å²) in [6, 6.07) is 4.23. The van der Waals surface area contributed by atoms with Gasteiger partial charge in [0.2, 0.25) is 0 Å². The van der Waals surface area contributed by atoms with E-state index in [-0.39, 0.29) is 5.41 Å². The summed E-state index contributed by atoms with van der Waals surface area (Å²) in [5.41, 5.74) is 8.51. The Morgan fingerprint density at radius 3 is 2.42 bits per heavy atom. The van der Waals surface area contributed by atoms with Crippen molar-refractivity contribution in [2.24, 2.45) is 5.73 Å². The molecule has 0 radical (unpaired) electrons. The first-order chi connectivity index (χ1) is 9.16. The third kappa shape index (κ3) is 2.57. The first kappa shape index (κ1) is 14.2. The molecule has 0 atom stereocenters. The molecule has 19 heavy (non-hydrogen) atoms. The number of rotatable bonds is 5. The highest BCUT2D eigenvalue weighted by Crippen LogP contribution is 2.45. The highest BCUT2D eigenvalue weighted by molar-refractivity contribution is 5.50. The van der Waals surface area contributed by atoms with Crippen LogP contribution in [0.5, 0.6) is 11.5 Å². The SMILES string of the molecule is CCOc1cc(C2(CN)CCCC2)c(OC)cc1C. The van der Waals surface area contributed by atoms with Crippen LogP contribution in [0.15, 0.2) is 12.1 Å². The minimum atomic E-state index is 0.0743. The van der Waals surface area contributed by atoms with E-state index in [0.717, 1.165) is 29.9 Å². The highest BCUT2D eigenvalue weighted by Gasteiger charge is 2.37. The molecule has 0 aliphatic heterocycles. The molecule has 3 nitrogen and oxygen atoms in total. The molecule has 1 saturated carbocycles. The van der Waals surface area contributed by atoms with Gasteiger partial charge in [-0.1, -0.05) is 12.8 Å². The molecule has 1 fully saturated rings. The smallest absolute Gasteiger partial charge is 0.123 e. The zero-order chi connectivity index (χ0) is 13.9. The monoisotopic (exact) mass is 263 g/mol. The van der Waals surface area contributed by atoms with Crippen molar-refractivity contribution in [1.82, 2.24) is 0 Å². The summed E-state index contributed by atoms with van der Waals surface area (Å²) in [6.45, 7) is 5.43. The average molecular weight is 263 g/mol. The Labute approximate surface area is 116 Å². The summed E-state index contributed by atoms with van der Waals surface area (Å²) in [5.74, 6) is 1.91. The van der Waals surface area contributed by atoms with Crippen LogP contribution in [0.1, 0.15) is 43.7 Å². The predicted octanol–water partition coefficient (Wildman–Crippen LogP) is 3.17. The van der Waals surface area contributed by atoms with Crippen molar-refractivity contribution >= 4 is 0 Å². The lowest BCUT2D eigenvalue weighted by Gasteiger charge is -2.30. The second-order valence-corrected chi connectivity index (χ2v) is 5.44. The zero-order valence-electron chi connectivity index (χ0n) is 12.3. The van der Waals surface area contributed by atoms with Crippen molar-refractivity contribution in [2.45, 2.75) is 44.9 Å². The highest BCUT2D eigenvalue weighted by atomic mass is 16.5.